The second-order valence-corrected chi connectivity index (χ2v) is 5.91. The topological polar surface area (TPSA) is 68.2 Å². The molecule has 122 valence electrons. The molecule has 0 bridgehead atoms. The third-order valence-corrected chi connectivity index (χ3v) is 4.05. The Balaban J connectivity index is 1.68. The number of benzene rings is 1. The molecule has 0 fully saturated rings. The third-order valence-electron chi connectivity index (χ3n) is 4.05. The van der Waals surface area contributed by atoms with E-state index in [0.717, 1.165) is 41.1 Å². The SMILES string of the molecule is CCCc1cc(N[C@H](C)c2cc3ccccc3o2)n2ncnc2n1. The highest BCUT2D eigenvalue weighted by Crippen LogP contribution is 2.26. The molecule has 4 rings (SSSR count). The number of hydrogen-bond donors (Lipinski definition) is 1. The minimum absolute atomic E-state index is 0.00155. The first-order valence-corrected chi connectivity index (χ1v) is 8.19. The van der Waals surface area contributed by atoms with Crippen molar-refractivity contribution in [2.45, 2.75) is 32.7 Å². The predicted molar refractivity (Wildman–Crippen MR) is 93.0 cm³/mol. The molecule has 0 unspecified atom stereocenters. The number of anilines is 1. The van der Waals surface area contributed by atoms with Crippen molar-refractivity contribution >= 4 is 22.6 Å². The van der Waals surface area contributed by atoms with Crippen LogP contribution in [0.4, 0.5) is 5.82 Å². The first kappa shape index (κ1) is 14.7. The molecule has 1 atom stereocenters. The Kier molecular flexibility index (Phi) is 3.65. The van der Waals surface area contributed by atoms with Crippen molar-refractivity contribution in [1.29, 1.82) is 0 Å². The molecule has 0 saturated carbocycles. The van der Waals surface area contributed by atoms with Gasteiger partial charge in [-0.05, 0) is 25.5 Å². The Hall–Kier alpha value is -2.89. The lowest BCUT2D eigenvalue weighted by molar-refractivity contribution is 0.525. The number of furan rings is 1. The highest BCUT2D eigenvalue weighted by atomic mass is 16.3. The van der Waals surface area contributed by atoms with Crippen LogP contribution in [0.2, 0.25) is 0 Å². The van der Waals surface area contributed by atoms with Crippen molar-refractivity contribution in [3.63, 3.8) is 0 Å². The van der Waals surface area contributed by atoms with Gasteiger partial charge in [-0.25, -0.2) is 4.98 Å². The lowest BCUT2D eigenvalue weighted by Crippen LogP contribution is -2.11. The van der Waals surface area contributed by atoms with Crippen molar-refractivity contribution in [3.8, 4) is 0 Å². The minimum Gasteiger partial charge on any atom is -0.459 e. The summed E-state index contributed by atoms with van der Waals surface area (Å²) in [6.45, 7) is 4.21. The minimum atomic E-state index is 0.00155. The number of aryl methyl sites for hydroxylation is 1. The first-order chi connectivity index (χ1) is 11.7. The predicted octanol–water partition coefficient (Wildman–Crippen LogP) is 4.00. The molecule has 24 heavy (non-hydrogen) atoms. The fourth-order valence-corrected chi connectivity index (χ4v) is 2.86. The molecular formula is C18H19N5O. The Morgan fingerprint density at radius 1 is 1.25 bits per heavy atom. The van der Waals surface area contributed by atoms with E-state index < -0.39 is 0 Å². The van der Waals surface area contributed by atoms with Crippen molar-refractivity contribution in [2.75, 3.05) is 5.32 Å². The van der Waals surface area contributed by atoms with E-state index in [4.69, 9.17) is 4.42 Å². The molecule has 3 heterocycles. The second-order valence-electron chi connectivity index (χ2n) is 5.91. The van der Waals surface area contributed by atoms with Crippen LogP contribution in [0.1, 0.15) is 37.8 Å². The van der Waals surface area contributed by atoms with E-state index in [0.29, 0.717) is 5.78 Å². The standard InChI is InChI=1S/C18H19N5O/c1-3-6-14-10-17(23-18(22-14)19-11-20-23)21-12(2)16-9-13-7-4-5-8-15(13)24-16/h4-5,7-12,21H,3,6H2,1-2H3/t12-/m1/s1. The average Bonchev–Trinajstić information content (AvgIpc) is 3.21. The summed E-state index contributed by atoms with van der Waals surface area (Å²) in [4.78, 5) is 8.74. The average molecular weight is 321 g/mol. The number of nitrogens with zero attached hydrogens (tertiary/aromatic N) is 4. The summed E-state index contributed by atoms with van der Waals surface area (Å²) in [5.41, 5.74) is 1.91. The van der Waals surface area contributed by atoms with Gasteiger partial charge < -0.3 is 9.73 Å². The van der Waals surface area contributed by atoms with Crippen LogP contribution < -0.4 is 5.32 Å². The largest absolute Gasteiger partial charge is 0.459 e. The summed E-state index contributed by atoms with van der Waals surface area (Å²) in [6, 6.07) is 12.1. The molecule has 0 aliphatic rings. The van der Waals surface area contributed by atoms with Crippen LogP contribution >= 0.6 is 0 Å². The summed E-state index contributed by atoms with van der Waals surface area (Å²) < 4.78 is 7.67. The Labute approximate surface area is 139 Å². The van der Waals surface area contributed by atoms with E-state index in [1.165, 1.54) is 6.33 Å². The molecule has 0 radical (unpaired) electrons. The van der Waals surface area contributed by atoms with Gasteiger partial charge in [0.15, 0.2) is 0 Å². The number of hydrogen-bond acceptors (Lipinski definition) is 5. The van der Waals surface area contributed by atoms with Gasteiger partial charge in [-0.2, -0.15) is 14.6 Å². The zero-order valence-corrected chi connectivity index (χ0v) is 13.7. The maximum absolute atomic E-state index is 5.95. The molecule has 0 aliphatic heterocycles. The maximum atomic E-state index is 5.95. The molecular weight excluding hydrogens is 302 g/mol. The molecule has 0 spiro atoms. The maximum Gasteiger partial charge on any atom is 0.254 e. The number of fused-ring (bicyclic) bond motifs is 2. The fraction of sp³-hybridized carbons (Fsp3) is 0.278. The Morgan fingerprint density at radius 3 is 2.96 bits per heavy atom. The summed E-state index contributed by atoms with van der Waals surface area (Å²) in [5, 5.41) is 8.84. The van der Waals surface area contributed by atoms with Crippen molar-refractivity contribution < 1.29 is 4.42 Å². The van der Waals surface area contributed by atoms with Crippen LogP contribution in [0, 0.1) is 0 Å². The highest BCUT2D eigenvalue weighted by molar-refractivity contribution is 5.77. The van der Waals surface area contributed by atoms with Crippen molar-refractivity contribution in [3.05, 3.63) is 54.2 Å². The molecule has 3 aromatic heterocycles. The van der Waals surface area contributed by atoms with Gasteiger partial charge in [0.1, 0.15) is 23.5 Å². The summed E-state index contributed by atoms with van der Waals surface area (Å²) in [7, 11) is 0. The summed E-state index contributed by atoms with van der Waals surface area (Å²) in [5.74, 6) is 2.37. The van der Waals surface area contributed by atoms with Crippen LogP contribution in [0.5, 0.6) is 0 Å². The van der Waals surface area contributed by atoms with E-state index in [9.17, 15) is 0 Å². The highest BCUT2D eigenvalue weighted by Gasteiger charge is 2.14. The first-order valence-electron chi connectivity index (χ1n) is 8.19. The number of nitrogens with one attached hydrogen (secondary N) is 1. The number of rotatable bonds is 5. The molecule has 6 nitrogen and oxygen atoms in total. The zero-order valence-electron chi connectivity index (χ0n) is 13.7. The van der Waals surface area contributed by atoms with Gasteiger partial charge in [0.05, 0.1) is 6.04 Å². The fourth-order valence-electron chi connectivity index (χ4n) is 2.86. The van der Waals surface area contributed by atoms with Gasteiger partial charge in [-0.3, -0.25) is 0 Å². The van der Waals surface area contributed by atoms with Crippen molar-refractivity contribution in [2.24, 2.45) is 0 Å². The lowest BCUT2D eigenvalue weighted by atomic mass is 10.2. The van der Waals surface area contributed by atoms with Crippen LogP contribution in [-0.2, 0) is 6.42 Å². The third kappa shape index (κ3) is 2.60. The van der Waals surface area contributed by atoms with E-state index in [2.05, 4.69) is 46.4 Å². The van der Waals surface area contributed by atoms with Gasteiger partial charge in [0.25, 0.3) is 5.78 Å². The van der Waals surface area contributed by atoms with Gasteiger partial charge in [0.2, 0.25) is 0 Å². The molecule has 4 aromatic rings. The van der Waals surface area contributed by atoms with E-state index in [-0.39, 0.29) is 6.04 Å². The molecule has 0 aliphatic carbocycles. The second kappa shape index (κ2) is 5.96. The number of aromatic nitrogens is 4. The van der Waals surface area contributed by atoms with Crippen LogP contribution in [0.25, 0.3) is 16.7 Å². The van der Waals surface area contributed by atoms with Gasteiger partial charge in [-0.1, -0.05) is 31.5 Å². The molecule has 1 aromatic carbocycles. The van der Waals surface area contributed by atoms with E-state index in [1.54, 1.807) is 4.52 Å². The molecule has 0 amide bonds. The summed E-state index contributed by atoms with van der Waals surface area (Å²) in [6.07, 6.45) is 3.47. The van der Waals surface area contributed by atoms with E-state index in [1.807, 2.05) is 24.3 Å². The Bertz CT molecular complexity index is 954. The lowest BCUT2D eigenvalue weighted by Gasteiger charge is -2.14. The number of para-hydroxylation sites is 1. The molecule has 1 N–H and O–H groups in total. The van der Waals surface area contributed by atoms with Gasteiger partial charge in [-0.15, -0.1) is 0 Å². The van der Waals surface area contributed by atoms with Crippen molar-refractivity contribution in [1.82, 2.24) is 19.6 Å². The quantitative estimate of drug-likeness (QED) is 0.602. The Morgan fingerprint density at radius 2 is 2.12 bits per heavy atom. The smallest absolute Gasteiger partial charge is 0.254 e. The molecule has 0 saturated heterocycles. The van der Waals surface area contributed by atoms with Crippen LogP contribution in [0.3, 0.4) is 0 Å². The summed E-state index contributed by atoms with van der Waals surface area (Å²) >= 11 is 0. The van der Waals surface area contributed by atoms with E-state index >= 15 is 0 Å². The van der Waals surface area contributed by atoms with Crippen LogP contribution in [-0.4, -0.2) is 19.6 Å². The van der Waals surface area contributed by atoms with Crippen LogP contribution in [0.15, 0.2) is 47.1 Å². The van der Waals surface area contributed by atoms with Gasteiger partial charge >= 0.3 is 0 Å². The zero-order chi connectivity index (χ0) is 16.5. The molecule has 6 heteroatoms. The van der Waals surface area contributed by atoms with Gasteiger partial charge in [0, 0.05) is 17.1 Å². The monoisotopic (exact) mass is 321 g/mol. The normalized spacial score (nSPS) is 12.8.